The molecular formula is C16H26F3N3O. The van der Waals surface area contributed by atoms with Crippen LogP contribution in [0.15, 0.2) is 12.4 Å². The highest BCUT2D eigenvalue weighted by Gasteiger charge is 2.57. The van der Waals surface area contributed by atoms with E-state index in [1.807, 2.05) is 0 Å². The Bertz CT molecular complexity index is 517. The van der Waals surface area contributed by atoms with Crippen LogP contribution in [-0.4, -0.2) is 33.4 Å². The van der Waals surface area contributed by atoms with Crippen molar-refractivity contribution in [1.29, 1.82) is 0 Å². The third-order valence-corrected chi connectivity index (χ3v) is 5.18. The summed E-state index contributed by atoms with van der Waals surface area (Å²) < 4.78 is 41.4. The molecule has 0 radical (unpaired) electrons. The Morgan fingerprint density at radius 3 is 2.52 bits per heavy atom. The smallest absolute Gasteiger partial charge is 0.374 e. The fourth-order valence-electron chi connectivity index (χ4n) is 3.33. The molecule has 132 valence electrons. The standard InChI is InChI=1S/C16H26F3N3O/c1-11-4-5-13(10-12(11)2)20-7-6-15(23,16(17,18)19)14-21-8-9-22(14)3/h8-9,11-13,20,23H,4-7,10H2,1-3H3/t11-,12+,13+,15-/m1/s1. The van der Waals surface area contributed by atoms with Crippen LogP contribution in [0.5, 0.6) is 0 Å². The van der Waals surface area contributed by atoms with E-state index in [0.717, 1.165) is 19.3 Å². The number of halogens is 3. The molecule has 0 saturated heterocycles. The summed E-state index contributed by atoms with van der Waals surface area (Å²) in [5.74, 6) is 0.863. The van der Waals surface area contributed by atoms with Crippen LogP contribution in [-0.2, 0) is 12.6 Å². The van der Waals surface area contributed by atoms with Gasteiger partial charge in [-0.05, 0) is 37.6 Å². The van der Waals surface area contributed by atoms with Gasteiger partial charge in [-0.25, -0.2) is 4.98 Å². The Balaban J connectivity index is 1.99. The quantitative estimate of drug-likeness (QED) is 0.871. The second-order valence-corrected chi connectivity index (χ2v) is 6.89. The molecule has 0 unspecified atom stereocenters. The summed E-state index contributed by atoms with van der Waals surface area (Å²) in [4.78, 5) is 3.71. The highest BCUT2D eigenvalue weighted by atomic mass is 19.4. The maximum atomic E-state index is 13.4. The Morgan fingerprint density at radius 2 is 2.00 bits per heavy atom. The SMILES string of the molecule is C[C@@H]1CC[C@H](NCC[C@@](O)(c2nccn2C)C(F)(F)F)C[C@@H]1C. The molecule has 0 aliphatic heterocycles. The highest BCUT2D eigenvalue weighted by molar-refractivity contribution is 5.08. The lowest BCUT2D eigenvalue weighted by atomic mass is 9.79. The summed E-state index contributed by atoms with van der Waals surface area (Å²) in [5, 5.41) is 13.4. The first-order valence-electron chi connectivity index (χ1n) is 8.15. The zero-order valence-corrected chi connectivity index (χ0v) is 13.9. The maximum Gasteiger partial charge on any atom is 0.424 e. The maximum absolute atomic E-state index is 13.4. The van der Waals surface area contributed by atoms with Crippen molar-refractivity contribution in [3.05, 3.63) is 18.2 Å². The Labute approximate surface area is 135 Å². The third kappa shape index (κ3) is 3.88. The number of nitrogens with one attached hydrogen (secondary N) is 1. The average Bonchev–Trinajstić information content (AvgIpc) is 2.88. The van der Waals surface area contributed by atoms with E-state index in [1.54, 1.807) is 0 Å². The van der Waals surface area contributed by atoms with Gasteiger partial charge in [-0.2, -0.15) is 13.2 Å². The first-order valence-corrected chi connectivity index (χ1v) is 8.15. The summed E-state index contributed by atoms with van der Waals surface area (Å²) in [5.41, 5.74) is -2.92. The second-order valence-electron chi connectivity index (χ2n) is 6.89. The molecule has 1 aromatic rings. The molecule has 4 atom stereocenters. The number of rotatable bonds is 5. The molecule has 1 heterocycles. The summed E-state index contributed by atoms with van der Waals surface area (Å²) >= 11 is 0. The molecule has 1 aliphatic carbocycles. The van der Waals surface area contributed by atoms with Gasteiger partial charge in [0.25, 0.3) is 0 Å². The topological polar surface area (TPSA) is 50.1 Å². The van der Waals surface area contributed by atoms with Crippen LogP contribution in [0.25, 0.3) is 0 Å². The van der Waals surface area contributed by atoms with Crippen molar-refractivity contribution in [2.45, 2.75) is 57.3 Å². The van der Waals surface area contributed by atoms with E-state index in [9.17, 15) is 18.3 Å². The fourth-order valence-corrected chi connectivity index (χ4v) is 3.33. The normalized spacial score (nSPS) is 28.6. The van der Waals surface area contributed by atoms with Crippen LogP contribution in [0, 0.1) is 11.8 Å². The van der Waals surface area contributed by atoms with Crippen molar-refractivity contribution >= 4 is 0 Å². The van der Waals surface area contributed by atoms with Gasteiger partial charge in [0.05, 0.1) is 0 Å². The molecule has 1 saturated carbocycles. The van der Waals surface area contributed by atoms with Crippen molar-refractivity contribution < 1.29 is 18.3 Å². The van der Waals surface area contributed by atoms with Crippen molar-refractivity contribution in [2.75, 3.05) is 6.54 Å². The zero-order valence-electron chi connectivity index (χ0n) is 13.9. The summed E-state index contributed by atoms with van der Waals surface area (Å²) in [7, 11) is 1.46. The monoisotopic (exact) mass is 333 g/mol. The molecule has 23 heavy (non-hydrogen) atoms. The number of aryl methyl sites for hydroxylation is 1. The average molecular weight is 333 g/mol. The molecule has 1 aliphatic rings. The number of hydrogen-bond acceptors (Lipinski definition) is 3. The molecular weight excluding hydrogens is 307 g/mol. The summed E-state index contributed by atoms with van der Waals surface area (Å²) in [6.45, 7) is 4.50. The van der Waals surface area contributed by atoms with E-state index >= 15 is 0 Å². The lowest BCUT2D eigenvalue weighted by Crippen LogP contribution is -2.47. The van der Waals surface area contributed by atoms with E-state index in [4.69, 9.17) is 0 Å². The van der Waals surface area contributed by atoms with E-state index in [1.165, 1.54) is 24.0 Å². The van der Waals surface area contributed by atoms with Crippen LogP contribution in [0.3, 0.4) is 0 Å². The molecule has 1 aromatic heterocycles. The number of alkyl halides is 3. The Hall–Kier alpha value is -1.08. The lowest BCUT2D eigenvalue weighted by molar-refractivity contribution is -0.272. The van der Waals surface area contributed by atoms with Gasteiger partial charge in [0.15, 0.2) is 0 Å². The Morgan fingerprint density at radius 1 is 1.30 bits per heavy atom. The minimum absolute atomic E-state index is 0.106. The molecule has 0 amide bonds. The Kier molecular flexibility index (Phi) is 5.41. The summed E-state index contributed by atoms with van der Waals surface area (Å²) in [6.07, 6.45) is 0.491. The van der Waals surface area contributed by atoms with Crippen LogP contribution in [0.4, 0.5) is 13.2 Å². The van der Waals surface area contributed by atoms with Crippen molar-refractivity contribution in [1.82, 2.24) is 14.9 Å². The van der Waals surface area contributed by atoms with Crippen molar-refractivity contribution in [3.8, 4) is 0 Å². The van der Waals surface area contributed by atoms with Gasteiger partial charge in [-0.3, -0.25) is 0 Å². The number of imidazole rings is 1. The predicted octanol–water partition coefficient (Wildman–Crippen LogP) is 2.97. The largest absolute Gasteiger partial charge is 0.424 e. The van der Waals surface area contributed by atoms with Gasteiger partial charge in [-0.1, -0.05) is 13.8 Å². The van der Waals surface area contributed by atoms with Gasteiger partial charge in [-0.15, -0.1) is 0 Å². The molecule has 2 rings (SSSR count). The van der Waals surface area contributed by atoms with Crippen LogP contribution >= 0.6 is 0 Å². The van der Waals surface area contributed by atoms with E-state index in [0.29, 0.717) is 11.8 Å². The van der Waals surface area contributed by atoms with Gasteiger partial charge >= 0.3 is 6.18 Å². The van der Waals surface area contributed by atoms with Gasteiger partial charge in [0, 0.05) is 31.9 Å². The first kappa shape index (κ1) is 18.3. The number of aromatic nitrogens is 2. The lowest BCUT2D eigenvalue weighted by Gasteiger charge is -2.34. The number of aliphatic hydroxyl groups is 1. The molecule has 2 N–H and O–H groups in total. The zero-order chi connectivity index (χ0) is 17.3. The van der Waals surface area contributed by atoms with Crippen molar-refractivity contribution in [3.63, 3.8) is 0 Å². The third-order valence-electron chi connectivity index (χ3n) is 5.18. The number of nitrogens with zero attached hydrogens (tertiary/aromatic N) is 2. The molecule has 0 bridgehead atoms. The van der Waals surface area contributed by atoms with Gasteiger partial charge in [0.1, 0.15) is 5.82 Å². The second kappa shape index (κ2) is 6.81. The van der Waals surface area contributed by atoms with Crippen LogP contribution in [0.2, 0.25) is 0 Å². The van der Waals surface area contributed by atoms with Gasteiger partial charge < -0.3 is 15.0 Å². The fraction of sp³-hybridized carbons (Fsp3) is 0.812. The number of hydrogen-bond donors (Lipinski definition) is 2. The van der Waals surface area contributed by atoms with Crippen LogP contribution in [0.1, 0.15) is 45.4 Å². The molecule has 0 spiro atoms. The first-order chi connectivity index (χ1) is 10.6. The van der Waals surface area contributed by atoms with Crippen molar-refractivity contribution in [2.24, 2.45) is 18.9 Å². The predicted molar refractivity (Wildman–Crippen MR) is 81.7 cm³/mol. The van der Waals surface area contributed by atoms with E-state index in [-0.39, 0.29) is 18.4 Å². The molecule has 4 nitrogen and oxygen atoms in total. The van der Waals surface area contributed by atoms with E-state index < -0.39 is 18.2 Å². The highest BCUT2D eigenvalue weighted by Crippen LogP contribution is 2.40. The van der Waals surface area contributed by atoms with E-state index in [2.05, 4.69) is 24.1 Å². The molecule has 0 aromatic carbocycles. The van der Waals surface area contributed by atoms with Gasteiger partial charge in [0.2, 0.25) is 5.60 Å². The minimum atomic E-state index is -4.76. The molecule has 7 heteroatoms. The molecule has 1 fully saturated rings. The minimum Gasteiger partial charge on any atom is -0.374 e. The van der Waals surface area contributed by atoms with Crippen LogP contribution < -0.4 is 5.32 Å². The summed E-state index contributed by atoms with van der Waals surface area (Å²) in [6, 6.07) is 0.222.